The van der Waals surface area contributed by atoms with Crippen molar-refractivity contribution >= 4 is 11.0 Å². The van der Waals surface area contributed by atoms with Crippen molar-refractivity contribution in [1.29, 1.82) is 0 Å². The van der Waals surface area contributed by atoms with Crippen LogP contribution in [0.4, 0.5) is 0 Å². The van der Waals surface area contributed by atoms with Gasteiger partial charge in [-0.25, -0.2) is 0 Å². The SMILES string of the molecule is CC(C)(C)c1cc(-n2n3c4ccccc4n23)c(O)c(C(C)(C)c2ccccc2)c1. The molecular formula is C25H27N3O. The molecule has 0 spiro atoms. The van der Waals surface area contributed by atoms with E-state index in [9.17, 15) is 5.11 Å². The van der Waals surface area contributed by atoms with Gasteiger partial charge in [0.25, 0.3) is 0 Å². The summed E-state index contributed by atoms with van der Waals surface area (Å²) in [4.78, 5) is 2.06. The molecule has 0 amide bonds. The van der Waals surface area contributed by atoms with E-state index < -0.39 is 0 Å². The minimum Gasteiger partial charge on any atom is -0.505 e. The highest BCUT2D eigenvalue weighted by molar-refractivity contribution is 5.79. The fourth-order valence-corrected chi connectivity index (χ4v) is 4.19. The highest BCUT2D eigenvalue weighted by Crippen LogP contribution is 2.43. The number of phenolic OH excluding ortho intramolecular Hbond substituents is 1. The Morgan fingerprint density at radius 3 is 1.79 bits per heavy atom. The predicted molar refractivity (Wildman–Crippen MR) is 118 cm³/mol. The van der Waals surface area contributed by atoms with Gasteiger partial charge in [-0.15, -0.1) is 14.1 Å². The maximum atomic E-state index is 11.4. The molecule has 3 aromatic carbocycles. The average Bonchev–Trinajstić information content (AvgIpc) is 3.34. The molecule has 0 saturated heterocycles. The minimum atomic E-state index is -0.325. The van der Waals surface area contributed by atoms with Gasteiger partial charge in [0, 0.05) is 11.0 Å². The number of aromatic hydroxyl groups is 1. The second-order valence-electron chi connectivity index (χ2n) is 9.49. The third-order valence-electron chi connectivity index (χ3n) is 6.16. The first-order valence-corrected chi connectivity index (χ1v) is 10.1. The molecule has 0 aliphatic carbocycles. The molecule has 4 heteroatoms. The van der Waals surface area contributed by atoms with Gasteiger partial charge in [0.2, 0.25) is 0 Å². The summed E-state index contributed by atoms with van der Waals surface area (Å²) in [7, 11) is 0. The Balaban J connectivity index is 1.76. The smallest absolute Gasteiger partial charge is 0.147 e. The van der Waals surface area contributed by atoms with Gasteiger partial charge in [-0.2, -0.15) is 0 Å². The lowest BCUT2D eigenvalue weighted by atomic mass is 9.75. The summed E-state index contributed by atoms with van der Waals surface area (Å²) in [5.74, 6) is 0.340. The zero-order valence-electron chi connectivity index (χ0n) is 17.6. The number of benzene rings is 3. The van der Waals surface area contributed by atoms with Crippen molar-refractivity contribution in [2.24, 2.45) is 0 Å². The highest BCUT2D eigenvalue weighted by Gasteiger charge is 2.33. The Kier molecular flexibility index (Phi) is 3.52. The molecule has 5 aromatic rings. The van der Waals surface area contributed by atoms with E-state index in [1.54, 1.807) is 0 Å². The van der Waals surface area contributed by atoms with Crippen LogP contribution in [0.1, 0.15) is 51.3 Å². The molecule has 5 rings (SSSR count). The molecule has 0 aliphatic rings. The van der Waals surface area contributed by atoms with Crippen molar-refractivity contribution in [3.63, 3.8) is 0 Å². The van der Waals surface area contributed by atoms with Crippen LogP contribution in [-0.4, -0.2) is 19.2 Å². The van der Waals surface area contributed by atoms with Crippen LogP contribution in [0.2, 0.25) is 0 Å². The van der Waals surface area contributed by atoms with Crippen molar-refractivity contribution in [2.45, 2.75) is 45.4 Å². The Labute approximate surface area is 170 Å². The van der Waals surface area contributed by atoms with Crippen molar-refractivity contribution < 1.29 is 5.11 Å². The molecule has 4 nitrogen and oxygen atoms in total. The van der Waals surface area contributed by atoms with Crippen LogP contribution in [0.25, 0.3) is 16.7 Å². The van der Waals surface area contributed by atoms with Gasteiger partial charge < -0.3 is 5.11 Å². The van der Waals surface area contributed by atoms with Crippen LogP contribution in [0.15, 0.2) is 66.7 Å². The molecule has 0 bridgehead atoms. The normalized spacial score (nSPS) is 13.1. The fraction of sp³-hybridized carbons (Fsp3) is 0.280. The topological polar surface area (TPSA) is 34.0 Å². The molecular weight excluding hydrogens is 358 g/mol. The lowest BCUT2D eigenvalue weighted by Crippen LogP contribution is -2.21. The number of para-hydroxylation sites is 2. The molecule has 0 aliphatic heterocycles. The zero-order valence-corrected chi connectivity index (χ0v) is 17.6. The van der Waals surface area contributed by atoms with E-state index in [4.69, 9.17) is 0 Å². The van der Waals surface area contributed by atoms with Crippen molar-refractivity contribution in [3.05, 3.63) is 83.4 Å². The summed E-state index contributed by atoms with van der Waals surface area (Å²) in [6.45, 7) is 11.0. The first-order chi connectivity index (χ1) is 13.7. The Bertz CT molecular complexity index is 1270. The van der Waals surface area contributed by atoms with Crippen LogP contribution in [0, 0.1) is 0 Å². The number of hydrogen-bond acceptors (Lipinski definition) is 1. The first-order valence-electron chi connectivity index (χ1n) is 10.1. The summed E-state index contributed by atoms with van der Waals surface area (Å²) in [6, 6.07) is 23.0. The van der Waals surface area contributed by atoms with Crippen molar-refractivity contribution in [2.75, 3.05) is 0 Å². The quantitative estimate of drug-likeness (QED) is 0.421. The second kappa shape index (κ2) is 5.69. The predicted octanol–water partition coefficient (Wildman–Crippen LogP) is 5.75. The van der Waals surface area contributed by atoms with Crippen LogP contribution >= 0.6 is 0 Å². The molecule has 2 aromatic heterocycles. The summed E-state index contributed by atoms with van der Waals surface area (Å²) in [6.07, 6.45) is 0. The lowest BCUT2D eigenvalue weighted by Gasteiger charge is -2.30. The number of fused-ring (bicyclic) bond motifs is 4. The van der Waals surface area contributed by atoms with E-state index in [0.29, 0.717) is 5.75 Å². The Morgan fingerprint density at radius 1 is 0.690 bits per heavy atom. The number of aromatic nitrogens is 3. The third-order valence-corrected chi connectivity index (χ3v) is 6.16. The van der Waals surface area contributed by atoms with Crippen LogP contribution in [-0.2, 0) is 10.8 Å². The average molecular weight is 386 g/mol. The van der Waals surface area contributed by atoms with Gasteiger partial charge >= 0.3 is 0 Å². The number of hydrogen-bond donors (Lipinski definition) is 1. The van der Waals surface area contributed by atoms with Crippen LogP contribution in [0.3, 0.4) is 0 Å². The monoisotopic (exact) mass is 385 g/mol. The molecule has 148 valence electrons. The molecule has 0 radical (unpaired) electrons. The summed E-state index contributed by atoms with van der Waals surface area (Å²) in [5.41, 5.74) is 6.14. The largest absolute Gasteiger partial charge is 0.505 e. The van der Waals surface area contributed by atoms with Crippen molar-refractivity contribution in [1.82, 2.24) is 14.1 Å². The number of phenols is 1. The lowest BCUT2D eigenvalue weighted by molar-refractivity contribution is 0.448. The molecule has 2 heterocycles. The van der Waals surface area contributed by atoms with E-state index in [2.05, 4.69) is 97.2 Å². The van der Waals surface area contributed by atoms with E-state index in [1.807, 2.05) is 18.2 Å². The van der Waals surface area contributed by atoms with Gasteiger partial charge in [-0.3, -0.25) is 0 Å². The zero-order chi connectivity index (χ0) is 20.6. The number of rotatable bonds is 3. The molecule has 0 atom stereocenters. The number of nitrogens with zero attached hydrogens (tertiary/aromatic N) is 3. The van der Waals surface area contributed by atoms with Gasteiger partial charge in [0.15, 0.2) is 0 Å². The van der Waals surface area contributed by atoms with Crippen LogP contribution < -0.4 is 0 Å². The van der Waals surface area contributed by atoms with E-state index in [1.165, 1.54) is 11.1 Å². The Morgan fingerprint density at radius 2 is 1.24 bits per heavy atom. The fourth-order valence-electron chi connectivity index (χ4n) is 4.19. The molecule has 29 heavy (non-hydrogen) atoms. The third kappa shape index (κ3) is 2.52. The molecule has 0 saturated carbocycles. The Hall–Kier alpha value is -3.14. The van der Waals surface area contributed by atoms with E-state index in [-0.39, 0.29) is 10.8 Å². The molecule has 0 unspecified atom stereocenters. The maximum Gasteiger partial charge on any atom is 0.147 e. The summed E-state index contributed by atoms with van der Waals surface area (Å²) in [5, 5.41) is 11.4. The van der Waals surface area contributed by atoms with Crippen molar-refractivity contribution in [3.8, 4) is 11.4 Å². The van der Waals surface area contributed by atoms with Gasteiger partial charge in [0.1, 0.15) is 22.5 Å². The van der Waals surface area contributed by atoms with E-state index >= 15 is 0 Å². The minimum absolute atomic E-state index is 0.0312. The summed E-state index contributed by atoms with van der Waals surface area (Å²) >= 11 is 0. The van der Waals surface area contributed by atoms with Gasteiger partial charge in [-0.05, 0) is 34.7 Å². The highest BCUT2D eigenvalue weighted by atomic mass is 16.3. The van der Waals surface area contributed by atoms with Gasteiger partial charge in [0.05, 0.1) is 0 Å². The molecule has 0 fully saturated rings. The van der Waals surface area contributed by atoms with Crippen LogP contribution in [0.5, 0.6) is 5.75 Å². The van der Waals surface area contributed by atoms with Gasteiger partial charge in [-0.1, -0.05) is 83.1 Å². The summed E-state index contributed by atoms with van der Waals surface area (Å²) < 4.78 is 4.19. The maximum absolute atomic E-state index is 11.4. The second-order valence-corrected chi connectivity index (χ2v) is 9.49. The standard InChI is InChI=1S/C25H27N3O/c1-24(2,3)18-15-19(25(4,5)17-11-7-6-8-12-17)23(29)22(16-18)28-26-20-13-9-10-14-21(20)27(26)28/h6-16,29H,1-5H3. The first kappa shape index (κ1) is 17.9. The van der Waals surface area contributed by atoms with E-state index in [0.717, 1.165) is 22.3 Å². The molecule has 1 N–H and O–H groups in total.